The van der Waals surface area contributed by atoms with Crippen LogP contribution in [0.4, 0.5) is 0 Å². The molecule has 0 radical (unpaired) electrons. The van der Waals surface area contributed by atoms with Gasteiger partial charge in [0.25, 0.3) is 0 Å². The van der Waals surface area contributed by atoms with Crippen LogP contribution in [-0.2, 0) is 9.53 Å². The number of rotatable bonds is 2. The molecule has 0 spiro atoms. The fraction of sp³-hybridized carbons (Fsp3) is 0.143. The Morgan fingerprint density at radius 1 is 1.83 bits per heavy atom. The second-order valence-electron chi connectivity index (χ2n) is 1.87. The first-order valence-corrected chi connectivity index (χ1v) is 4.29. The predicted molar refractivity (Wildman–Crippen MR) is 48.2 cm³/mol. The maximum Gasteiger partial charge on any atom is 0.330 e. The molecule has 0 bridgehead atoms. The average molecular weight is 204 g/mol. The second kappa shape index (κ2) is 4.23. The summed E-state index contributed by atoms with van der Waals surface area (Å²) in [5, 5.41) is 0. The first kappa shape index (κ1) is 9.22. The second-order valence-corrected chi connectivity index (χ2v) is 3.52. The molecule has 0 aliphatic rings. The zero-order chi connectivity index (χ0) is 8.97. The molecule has 0 unspecified atom stereocenters. The van der Waals surface area contributed by atoms with E-state index in [1.54, 1.807) is 12.3 Å². The van der Waals surface area contributed by atoms with Crippen molar-refractivity contribution in [3.05, 3.63) is 21.6 Å². The van der Waals surface area contributed by atoms with Gasteiger partial charge in [0.15, 0.2) is 4.47 Å². The van der Waals surface area contributed by atoms with Crippen molar-refractivity contribution >= 4 is 35.0 Å². The zero-order valence-corrected chi connectivity index (χ0v) is 7.85. The number of aromatic nitrogens is 1. The van der Waals surface area contributed by atoms with Crippen molar-refractivity contribution < 1.29 is 9.53 Å². The van der Waals surface area contributed by atoms with Crippen LogP contribution >= 0.6 is 22.9 Å². The summed E-state index contributed by atoms with van der Waals surface area (Å²) in [7, 11) is 1.33. The molecule has 1 aromatic heterocycles. The van der Waals surface area contributed by atoms with E-state index in [1.165, 1.54) is 24.5 Å². The lowest BCUT2D eigenvalue weighted by Gasteiger charge is -1.86. The Kier molecular flexibility index (Phi) is 3.25. The fourth-order valence-corrected chi connectivity index (χ4v) is 1.42. The maximum absolute atomic E-state index is 10.6. The third-order valence-corrected chi connectivity index (χ3v) is 2.16. The van der Waals surface area contributed by atoms with E-state index in [0.29, 0.717) is 4.47 Å². The highest BCUT2D eigenvalue weighted by atomic mass is 35.5. The number of hydrogen-bond donors (Lipinski definition) is 0. The number of carbonyl (C=O) groups excluding carboxylic acids is 1. The standard InChI is InChI=1S/C7H6ClNO2S/c1-11-6(10)3-2-5-4-9-7(8)12-5/h2-4H,1H3. The van der Waals surface area contributed by atoms with Gasteiger partial charge in [-0.25, -0.2) is 9.78 Å². The molecule has 0 fully saturated rings. The summed E-state index contributed by atoms with van der Waals surface area (Å²) < 4.78 is 4.86. The average Bonchev–Trinajstić information content (AvgIpc) is 2.47. The Bertz CT molecular complexity index is 308. The van der Waals surface area contributed by atoms with Crippen molar-refractivity contribution in [1.29, 1.82) is 0 Å². The van der Waals surface area contributed by atoms with Crippen LogP contribution in [-0.4, -0.2) is 18.1 Å². The first-order valence-electron chi connectivity index (χ1n) is 3.09. The van der Waals surface area contributed by atoms with Crippen molar-refractivity contribution in [2.45, 2.75) is 0 Å². The molecule has 0 N–H and O–H groups in total. The number of nitrogens with zero attached hydrogens (tertiary/aromatic N) is 1. The molecule has 64 valence electrons. The Morgan fingerprint density at radius 3 is 3.08 bits per heavy atom. The van der Waals surface area contributed by atoms with Crippen LogP contribution in [0.25, 0.3) is 6.08 Å². The Morgan fingerprint density at radius 2 is 2.58 bits per heavy atom. The van der Waals surface area contributed by atoms with Crippen LogP contribution in [0, 0.1) is 0 Å². The molecule has 0 amide bonds. The smallest absolute Gasteiger partial charge is 0.330 e. The van der Waals surface area contributed by atoms with E-state index in [0.717, 1.165) is 4.88 Å². The monoisotopic (exact) mass is 203 g/mol. The summed E-state index contributed by atoms with van der Waals surface area (Å²) in [6.45, 7) is 0. The van der Waals surface area contributed by atoms with E-state index in [9.17, 15) is 4.79 Å². The highest BCUT2D eigenvalue weighted by molar-refractivity contribution is 7.16. The van der Waals surface area contributed by atoms with Gasteiger partial charge in [-0.15, -0.1) is 11.3 Å². The lowest BCUT2D eigenvalue weighted by molar-refractivity contribution is -0.134. The third kappa shape index (κ3) is 2.64. The Labute approximate surface area is 78.6 Å². The third-order valence-electron chi connectivity index (χ3n) is 1.08. The minimum atomic E-state index is -0.389. The normalized spacial score (nSPS) is 10.5. The van der Waals surface area contributed by atoms with E-state index in [4.69, 9.17) is 11.6 Å². The topological polar surface area (TPSA) is 39.2 Å². The van der Waals surface area contributed by atoms with Crippen LogP contribution in [0.3, 0.4) is 0 Å². The number of thiazole rings is 1. The molecule has 0 saturated carbocycles. The summed E-state index contributed by atoms with van der Waals surface area (Å²) in [4.78, 5) is 15.3. The Balaban J connectivity index is 2.63. The summed E-state index contributed by atoms with van der Waals surface area (Å²) in [5.74, 6) is -0.389. The van der Waals surface area contributed by atoms with Gasteiger partial charge >= 0.3 is 5.97 Å². The molecule has 0 aliphatic heterocycles. The predicted octanol–water partition coefficient (Wildman–Crippen LogP) is 1.98. The molecule has 1 aromatic rings. The van der Waals surface area contributed by atoms with Gasteiger partial charge in [0.05, 0.1) is 7.11 Å². The molecule has 0 atom stereocenters. The van der Waals surface area contributed by atoms with Gasteiger partial charge in [0.1, 0.15) is 0 Å². The zero-order valence-electron chi connectivity index (χ0n) is 6.28. The molecule has 1 rings (SSSR count). The molecular weight excluding hydrogens is 198 g/mol. The van der Waals surface area contributed by atoms with E-state index < -0.39 is 0 Å². The van der Waals surface area contributed by atoms with Crippen LogP contribution in [0.15, 0.2) is 12.3 Å². The molecular formula is C7H6ClNO2S. The van der Waals surface area contributed by atoms with Crippen LogP contribution in [0.2, 0.25) is 4.47 Å². The molecule has 3 nitrogen and oxygen atoms in total. The molecule has 5 heteroatoms. The maximum atomic E-state index is 10.6. The van der Waals surface area contributed by atoms with Crippen LogP contribution in [0.5, 0.6) is 0 Å². The highest BCUT2D eigenvalue weighted by Gasteiger charge is 1.96. The number of hydrogen-bond acceptors (Lipinski definition) is 4. The van der Waals surface area contributed by atoms with Gasteiger partial charge in [0.2, 0.25) is 0 Å². The summed E-state index contributed by atoms with van der Waals surface area (Å²) in [5.41, 5.74) is 0. The quantitative estimate of drug-likeness (QED) is 0.545. The highest BCUT2D eigenvalue weighted by Crippen LogP contribution is 2.18. The SMILES string of the molecule is COC(=O)C=Cc1cnc(Cl)s1. The van der Waals surface area contributed by atoms with Gasteiger partial charge in [-0.3, -0.25) is 0 Å². The van der Waals surface area contributed by atoms with E-state index in [1.807, 2.05) is 0 Å². The molecule has 12 heavy (non-hydrogen) atoms. The molecule has 0 saturated heterocycles. The van der Waals surface area contributed by atoms with Gasteiger partial charge in [-0.2, -0.15) is 0 Å². The van der Waals surface area contributed by atoms with Crippen LogP contribution in [0.1, 0.15) is 4.88 Å². The van der Waals surface area contributed by atoms with Gasteiger partial charge in [-0.1, -0.05) is 11.6 Å². The molecule has 0 aromatic carbocycles. The Hall–Kier alpha value is -0.870. The van der Waals surface area contributed by atoms with Crippen molar-refractivity contribution in [2.24, 2.45) is 0 Å². The van der Waals surface area contributed by atoms with Crippen molar-refractivity contribution in [1.82, 2.24) is 4.98 Å². The van der Waals surface area contributed by atoms with E-state index in [-0.39, 0.29) is 5.97 Å². The van der Waals surface area contributed by atoms with Crippen molar-refractivity contribution in [3.8, 4) is 0 Å². The largest absolute Gasteiger partial charge is 0.466 e. The van der Waals surface area contributed by atoms with Crippen molar-refractivity contribution in [2.75, 3.05) is 7.11 Å². The number of carbonyl (C=O) groups is 1. The molecule has 0 aliphatic carbocycles. The summed E-state index contributed by atoms with van der Waals surface area (Å²) in [6, 6.07) is 0. The van der Waals surface area contributed by atoms with Gasteiger partial charge in [-0.05, 0) is 6.08 Å². The lowest BCUT2D eigenvalue weighted by Crippen LogP contribution is -1.92. The minimum absolute atomic E-state index is 0.389. The lowest BCUT2D eigenvalue weighted by atomic mass is 10.4. The van der Waals surface area contributed by atoms with E-state index in [2.05, 4.69) is 9.72 Å². The molecule has 1 heterocycles. The van der Waals surface area contributed by atoms with Crippen molar-refractivity contribution in [3.63, 3.8) is 0 Å². The number of esters is 1. The number of halogens is 1. The number of methoxy groups -OCH3 is 1. The summed E-state index contributed by atoms with van der Waals surface area (Å²) >= 11 is 6.87. The van der Waals surface area contributed by atoms with Gasteiger partial charge in [0, 0.05) is 17.2 Å². The summed E-state index contributed by atoms with van der Waals surface area (Å²) in [6.07, 6.45) is 4.52. The van der Waals surface area contributed by atoms with Gasteiger partial charge < -0.3 is 4.74 Å². The first-order chi connectivity index (χ1) is 5.72. The minimum Gasteiger partial charge on any atom is -0.466 e. The van der Waals surface area contributed by atoms with E-state index >= 15 is 0 Å². The number of ether oxygens (including phenoxy) is 1. The van der Waals surface area contributed by atoms with Crippen LogP contribution < -0.4 is 0 Å². The fourth-order valence-electron chi connectivity index (χ4n) is 0.560.